The molecule has 3 rings (SSSR count). The Kier molecular flexibility index (Phi) is 5.99. The molecule has 0 atom stereocenters. The highest BCUT2D eigenvalue weighted by atomic mass is 79.9. The molecule has 2 aromatic carbocycles. The molecule has 1 aliphatic heterocycles. The van der Waals surface area contributed by atoms with Crippen molar-refractivity contribution in [2.45, 2.75) is 13.8 Å². The Bertz CT molecular complexity index is 976. The normalized spacial score (nSPS) is 15.4. The van der Waals surface area contributed by atoms with Crippen molar-refractivity contribution >= 4 is 39.6 Å². The first kappa shape index (κ1) is 19.9. The zero-order chi connectivity index (χ0) is 20.3. The van der Waals surface area contributed by atoms with E-state index in [1.807, 2.05) is 42.5 Å². The third-order valence-electron chi connectivity index (χ3n) is 4.37. The van der Waals surface area contributed by atoms with Gasteiger partial charge in [-0.05, 0) is 61.9 Å². The lowest BCUT2D eigenvalue weighted by Crippen LogP contribution is -2.24. The fraction of sp³-hybridized carbons (Fsp3) is 0.182. The lowest BCUT2D eigenvalue weighted by atomic mass is 10.0. The fourth-order valence-corrected chi connectivity index (χ4v) is 3.34. The number of rotatable bonds is 5. The predicted molar refractivity (Wildman–Crippen MR) is 112 cm³/mol. The van der Waals surface area contributed by atoms with Crippen LogP contribution in [0.3, 0.4) is 0 Å². The molecule has 2 aromatic rings. The Labute approximate surface area is 172 Å². The highest BCUT2D eigenvalue weighted by molar-refractivity contribution is 9.10. The summed E-state index contributed by atoms with van der Waals surface area (Å²) in [5.74, 6) is -0.115. The topological polar surface area (TPSA) is 55.8 Å². The first-order valence-electron chi connectivity index (χ1n) is 8.80. The molecule has 0 saturated carbocycles. The van der Waals surface area contributed by atoms with Crippen molar-refractivity contribution in [3.05, 3.63) is 75.4 Å². The van der Waals surface area contributed by atoms with Crippen LogP contribution in [0.1, 0.15) is 19.4 Å². The van der Waals surface area contributed by atoms with Gasteiger partial charge in [-0.2, -0.15) is 0 Å². The first-order chi connectivity index (χ1) is 13.5. The summed E-state index contributed by atoms with van der Waals surface area (Å²) in [6.07, 6.45) is 1.69. The van der Waals surface area contributed by atoms with E-state index in [0.717, 1.165) is 10.0 Å². The molecule has 0 aromatic heterocycles. The monoisotopic (exact) mass is 441 g/mol. The van der Waals surface area contributed by atoms with Crippen LogP contribution in [0.15, 0.2) is 69.8 Å². The number of hydrogen-bond donors (Lipinski definition) is 0. The zero-order valence-corrected chi connectivity index (χ0v) is 17.4. The molecule has 0 bridgehead atoms. The number of benzene rings is 2. The van der Waals surface area contributed by atoms with Gasteiger partial charge in [0.2, 0.25) is 0 Å². The Morgan fingerprint density at radius 2 is 1.89 bits per heavy atom. The molecule has 0 aliphatic carbocycles. The summed E-state index contributed by atoms with van der Waals surface area (Å²) in [5, 5.41) is 0. The molecule has 0 unspecified atom stereocenters. The van der Waals surface area contributed by atoms with E-state index in [-0.39, 0.29) is 18.1 Å². The van der Waals surface area contributed by atoms with Crippen molar-refractivity contribution in [2.75, 3.05) is 18.6 Å². The van der Waals surface area contributed by atoms with Crippen molar-refractivity contribution < 1.29 is 19.1 Å². The Hall–Kier alpha value is -2.86. The number of halogens is 1. The summed E-state index contributed by atoms with van der Waals surface area (Å²) in [7, 11) is 1.58. The SMILES string of the molecule is CCOC(=O)C1=C(C)N(c2ccc(Br)cc2)C(=O)/C1=C\c1cccc(OC)c1. The molecule has 6 heteroatoms. The molecule has 0 N–H and O–H groups in total. The van der Waals surface area contributed by atoms with E-state index < -0.39 is 5.97 Å². The summed E-state index contributed by atoms with van der Waals surface area (Å²) in [4.78, 5) is 27.4. The molecule has 28 heavy (non-hydrogen) atoms. The highest BCUT2D eigenvalue weighted by Crippen LogP contribution is 2.36. The van der Waals surface area contributed by atoms with Crippen LogP contribution in [0.4, 0.5) is 5.69 Å². The smallest absolute Gasteiger partial charge is 0.340 e. The van der Waals surface area contributed by atoms with Crippen LogP contribution >= 0.6 is 15.9 Å². The average Bonchev–Trinajstić information content (AvgIpc) is 2.93. The minimum atomic E-state index is -0.512. The van der Waals surface area contributed by atoms with Gasteiger partial charge in [0.1, 0.15) is 5.75 Å². The van der Waals surface area contributed by atoms with E-state index in [2.05, 4.69) is 15.9 Å². The van der Waals surface area contributed by atoms with Gasteiger partial charge in [0, 0.05) is 15.9 Å². The van der Waals surface area contributed by atoms with E-state index in [1.165, 1.54) is 4.90 Å². The number of carbonyl (C=O) groups is 2. The number of hydrogen-bond acceptors (Lipinski definition) is 4. The largest absolute Gasteiger partial charge is 0.497 e. The van der Waals surface area contributed by atoms with Gasteiger partial charge in [-0.3, -0.25) is 9.69 Å². The molecule has 0 radical (unpaired) electrons. The quantitative estimate of drug-likeness (QED) is 0.497. The number of anilines is 1. The number of amides is 1. The fourth-order valence-electron chi connectivity index (χ4n) is 3.08. The molecule has 5 nitrogen and oxygen atoms in total. The third kappa shape index (κ3) is 3.87. The van der Waals surface area contributed by atoms with Gasteiger partial charge in [0.05, 0.1) is 24.9 Å². The summed E-state index contributed by atoms with van der Waals surface area (Å²) >= 11 is 3.40. The molecule has 0 fully saturated rings. The second-order valence-electron chi connectivity index (χ2n) is 6.13. The van der Waals surface area contributed by atoms with Crippen molar-refractivity contribution in [3.63, 3.8) is 0 Å². The standard InChI is InChI=1S/C22H20BrNO4/c1-4-28-22(26)20-14(2)24(17-10-8-16(23)9-11-17)21(25)19(20)13-15-6-5-7-18(12-15)27-3/h5-13H,4H2,1-3H3/b19-13-. The third-order valence-corrected chi connectivity index (χ3v) is 4.90. The Morgan fingerprint density at radius 1 is 1.18 bits per heavy atom. The number of methoxy groups -OCH3 is 1. The van der Waals surface area contributed by atoms with Crippen molar-refractivity contribution in [3.8, 4) is 5.75 Å². The summed E-state index contributed by atoms with van der Waals surface area (Å²) < 4.78 is 11.4. The Morgan fingerprint density at radius 3 is 2.54 bits per heavy atom. The minimum Gasteiger partial charge on any atom is -0.497 e. The van der Waals surface area contributed by atoms with E-state index in [0.29, 0.717) is 22.7 Å². The maximum absolute atomic E-state index is 13.2. The van der Waals surface area contributed by atoms with Crippen molar-refractivity contribution in [1.82, 2.24) is 0 Å². The van der Waals surface area contributed by atoms with Crippen LogP contribution in [0, 0.1) is 0 Å². The predicted octanol–water partition coefficient (Wildman–Crippen LogP) is 4.73. The second kappa shape index (κ2) is 8.44. The molecular formula is C22H20BrNO4. The molecule has 1 heterocycles. The van der Waals surface area contributed by atoms with Crippen molar-refractivity contribution in [1.29, 1.82) is 0 Å². The summed E-state index contributed by atoms with van der Waals surface area (Å²) in [6.45, 7) is 3.72. The van der Waals surface area contributed by atoms with Crippen LogP contribution in [0.5, 0.6) is 5.75 Å². The maximum atomic E-state index is 13.2. The zero-order valence-electron chi connectivity index (χ0n) is 15.9. The van der Waals surface area contributed by atoms with E-state index in [9.17, 15) is 9.59 Å². The minimum absolute atomic E-state index is 0.231. The van der Waals surface area contributed by atoms with Gasteiger partial charge in [-0.1, -0.05) is 28.1 Å². The first-order valence-corrected chi connectivity index (χ1v) is 9.59. The van der Waals surface area contributed by atoms with E-state index >= 15 is 0 Å². The average molecular weight is 442 g/mol. The van der Waals surface area contributed by atoms with Gasteiger partial charge < -0.3 is 9.47 Å². The molecule has 1 amide bonds. The maximum Gasteiger partial charge on any atom is 0.340 e. The highest BCUT2D eigenvalue weighted by Gasteiger charge is 2.38. The number of ether oxygens (including phenoxy) is 2. The molecular weight excluding hydrogens is 422 g/mol. The molecule has 144 valence electrons. The van der Waals surface area contributed by atoms with Gasteiger partial charge in [0.15, 0.2) is 0 Å². The van der Waals surface area contributed by atoms with Gasteiger partial charge in [-0.25, -0.2) is 4.79 Å². The van der Waals surface area contributed by atoms with Crippen LogP contribution < -0.4 is 9.64 Å². The summed E-state index contributed by atoms with van der Waals surface area (Å²) in [6, 6.07) is 14.7. The molecule has 1 aliphatic rings. The van der Waals surface area contributed by atoms with Crippen LogP contribution in [0.2, 0.25) is 0 Å². The number of esters is 1. The number of allylic oxidation sites excluding steroid dienone is 1. The van der Waals surface area contributed by atoms with Gasteiger partial charge in [0.25, 0.3) is 5.91 Å². The van der Waals surface area contributed by atoms with Crippen LogP contribution in [0.25, 0.3) is 6.08 Å². The number of carbonyl (C=O) groups excluding carboxylic acids is 2. The summed E-state index contributed by atoms with van der Waals surface area (Å²) in [5.41, 5.74) is 2.56. The van der Waals surface area contributed by atoms with E-state index in [1.54, 1.807) is 33.1 Å². The second-order valence-corrected chi connectivity index (χ2v) is 7.05. The lowest BCUT2D eigenvalue weighted by Gasteiger charge is -2.18. The van der Waals surface area contributed by atoms with Gasteiger partial charge >= 0.3 is 5.97 Å². The van der Waals surface area contributed by atoms with Gasteiger partial charge in [-0.15, -0.1) is 0 Å². The van der Waals surface area contributed by atoms with Crippen LogP contribution in [-0.4, -0.2) is 25.6 Å². The van der Waals surface area contributed by atoms with E-state index in [4.69, 9.17) is 9.47 Å². The molecule has 0 spiro atoms. The van der Waals surface area contributed by atoms with Crippen LogP contribution in [-0.2, 0) is 14.3 Å². The van der Waals surface area contributed by atoms with Crippen molar-refractivity contribution in [2.24, 2.45) is 0 Å². The lowest BCUT2D eigenvalue weighted by molar-refractivity contribution is -0.138. The number of nitrogens with zero attached hydrogens (tertiary/aromatic N) is 1. The molecule has 0 saturated heterocycles. The Balaban J connectivity index is 2.11.